The summed E-state index contributed by atoms with van der Waals surface area (Å²) in [7, 11) is 4.09. The van der Waals surface area contributed by atoms with E-state index in [1.54, 1.807) is 13.0 Å². The Morgan fingerprint density at radius 1 is 1.25 bits per heavy atom. The molecule has 0 saturated carbocycles. The molecule has 0 radical (unpaired) electrons. The van der Waals surface area contributed by atoms with E-state index in [2.05, 4.69) is 22.8 Å². The molecule has 0 aliphatic carbocycles. The highest BCUT2D eigenvalue weighted by molar-refractivity contribution is 5.58. The second-order valence-electron chi connectivity index (χ2n) is 5.35. The zero-order valence-corrected chi connectivity index (χ0v) is 12.9. The second-order valence-corrected chi connectivity index (χ2v) is 5.35. The van der Waals surface area contributed by atoms with Gasteiger partial charge in [-0.2, -0.15) is 5.26 Å². The lowest BCUT2D eigenvalue weighted by atomic mass is 10.0. The van der Waals surface area contributed by atoms with Crippen LogP contribution in [0.2, 0.25) is 0 Å². The van der Waals surface area contributed by atoms with Crippen LogP contribution in [-0.4, -0.2) is 43.7 Å². The molecule has 0 saturated heterocycles. The Bertz CT molecular complexity index is 463. The van der Waals surface area contributed by atoms with Gasteiger partial charge in [0.25, 0.3) is 0 Å². The first-order valence-electron chi connectivity index (χ1n) is 7.11. The van der Waals surface area contributed by atoms with Crippen LogP contribution < -0.4 is 4.90 Å². The van der Waals surface area contributed by atoms with Crippen LogP contribution in [0.15, 0.2) is 18.2 Å². The Labute approximate surface area is 122 Å². The molecule has 0 bridgehead atoms. The first-order valence-corrected chi connectivity index (χ1v) is 7.11. The van der Waals surface area contributed by atoms with Gasteiger partial charge in [0.05, 0.1) is 17.7 Å². The topological polar surface area (TPSA) is 50.5 Å². The molecule has 0 heterocycles. The van der Waals surface area contributed by atoms with Gasteiger partial charge in [-0.15, -0.1) is 0 Å². The number of hydrogen-bond acceptors (Lipinski definition) is 4. The fourth-order valence-electron chi connectivity index (χ4n) is 2.18. The van der Waals surface area contributed by atoms with E-state index in [1.807, 2.05) is 26.2 Å². The Morgan fingerprint density at radius 3 is 2.45 bits per heavy atom. The predicted octanol–water partition coefficient (Wildman–Crippen LogP) is 2.39. The number of benzene rings is 1. The number of anilines is 1. The van der Waals surface area contributed by atoms with E-state index < -0.39 is 6.10 Å². The van der Waals surface area contributed by atoms with Crippen molar-refractivity contribution in [2.24, 2.45) is 0 Å². The lowest BCUT2D eigenvalue weighted by molar-refractivity contribution is 0.199. The molecule has 1 N–H and O–H groups in total. The molecule has 1 rings (SSSR count). The fourth-order valence-corrected chi connectivity index (χ4v) is 2.18. The van der Waals surface area contributed by atoms with Crippen molar-refractivity contribution in [2.75, 3.05) is 38.6 Å². The standard InChI is InChI=1S/C16H25N3O/c1-5-8-19(10-9-18(3)4)16-11-14(12-17)6-7-15(16)13(2)20/h6-7,11,13,20H,5,8-10H2,1-4H3. The molecule has 0 fully saturated rings. The third kappa shape index (κ3) is 4.52. The van der Waals surface area contributed by atoms with E-state index in [9.17, 15) is 5.11 Å². The quantitative estimate of drug-likeness (QED) is 0.830. The number of aliphatic hydroxyl groups excluding tert-OH is 1. The minimum Gasteiger partial charge on any atom is -0.389 e. The van der Waals surface area contributed by atoms with Crippen molar-refractivity contribution in [3.8, 4) is 6.07 Å². The van der Waals surface area contributed by atoms with Crippen LogP contribution in [0, 0.1) is 11.3 Å². The molecule has 4 nitrogen and oxygen atoms in total. The molecule has 4 heteroatoms. The second kappa shape index (κ2) is 7.88. The van der Waals surface area contributed by atoms with Crippen LogP contribution in [0.25, 0.3) is 0 Å². The van der Waals surface area contributed by atoms with E-state index in [-0.39, 0.29) is 0 Å². The van der Waals surface area contributed by atoms with Crippen molar-refractivity contribution in [1.29, 1.82) is 5.26 Å². The molecule has 1 aromatic carbocycles. The maximum Gasteiger partial charge on any atom is 0.0992 e. The van der Waals surface area contributed by atoms with Crippen LogP contribution in [-0.2, 0) is 0 Å². The van der Waals surface area contributed by atoms with Crippen molar-refractivity contribution < 1.29 is 5.11 Å². The van der Waals surface area contributed by atoms with Crippen molar-refractivity contribution in [3.63, 3.8) is 0 Å². The molecular weight excluding hydrogens is 250 g/mol. The molecule has 0 aliphatic rings. The summed E-state index contributed by atoms with van der Waals surface area (Å²) >= 11 is 0. The zero-order valence-electron chi connectivity index (χ0n) is 12.9. The minimum atomic E-state index is -0.531. The number of rotatable bonds is 7. The lowest BCUT2D eigenvalue weighted by Gasteiger charge is -2.29. The van der Waals surface area contributed by atoms with Gasteiger partial charge in [0.15, 0.2) is 0 Å². The van der Waals surface area contributed by atoms with E-state index in [0.29, 0.717) is 5.56 Å². The molecule has 20 heavy (non-hydrogen) atoms. The van der Waals surface area contributed by atoms with E-state index in [1.165, 1.54) is 0 Å². The van der Waals surface area contributed by atoms with Crippen LogP contribution in [0.5, 0.6) is 0 Å². The molecule has 0 aliphatic heterocycles. The van der Waals surface area contributed by atoms with Gasteiger partial charge >= 0.3 is 0 Å². The van der Waals surface area contributed by atoms with Gasteiger partial charge in [-0.25, -0.2) is 0 Å². The molecule has 1 aromatic rings. The summed E-state index contributed by atoms with van der Waals surface area (Å²) in [5, 5.41) is 19.0. The van der Waals surface area contributed by atoms with Gasteiger partial charge in [0.1, 0.15) is 0 Å². The summed E-state index contributed by atoms with van der Waals surface area (Å²) in [4.78, 5) is 4.39. The van der Waals surface area contributed by atoms with E-state index >= 15 is 0 Å². The first kappa shape index (κ1) is 16.5. The van der Waals surface area contributed by atoms with Gasteiger partial charge in [0.2, 0.25) is 0 Å². The number of nitriles is 1. The Balaban J connectivity index is 3.11. The predicted molar refractivity (Wildman–Crippen MR) is 82.8 cm³/mol. The van der Waals surface area contributed by atoms with Gasteiger partial charge in [-0.1, -0.05) is 13.0 Å². The van der Waals surface area contributed by atoms with Crippen LogP contribution in [0.3, 0.4) is 0 Å². The smallest absolute Gasteiger partial charge is 0.0992 e. The highest BCUT2D eigenvalue weighted by Gasteiger charge is 2.15. The lowest BCUT2D eigenvalue weighted by Crippen LogP contribution is -2.33. The first-order chi connectivity index (χ1) is 9.49. The summed E-state index contributed by atoms with van der Waals surface area (Å²) in [6.45, 7) is 6.65. The Hall–Kier alpha value is -1.57. The number of likely N-dealkylation sites (N-methyl/N-ethyl adjacent to an activating group) is 1. The molecule has 0 aromatic heterocycles. The van der Waals surface area contributed by atoms with E-state index in [0.717, 1.165) is 37.3 Å². The summed E-state index contributed by atoms with van der Waals surface area (Å²) in [5.74, 6) is 0. The van der Waals surface area contributed by atoms with Crippen LogP contribution in [0.4, 0.5) is 5.69 Å². The molecule has 0 amide bonds. The monoisotopic (exact) mass is 275 g/mol. The third-order valence-electron chi connectivity index (χ3n) is 3.26. The summed E-state index contributed by atoms with van der Waals surface area (Å²) in [6, 6.07) is 7.68. The van der Waals surface area contributed by atoms with Crippen molar-refractivity contribution in [2.45, 2.75) is 26.4 Å². The van der Waals surface area contributed by atoms with Gasteiger partial charge < -0.3 is 14.9 Å². The molecule has 0 spiro atoms. The summed E-state index contributed by atoms with van der Waals surface area (Å²) in [5.41, 5.74) is 2.49. The van der Waals surface area contributed by atoms with Crippen molar-refractivity contribution >= 4 is 5.69 Å². The highest BCUT2D eigenvalue weighted by Crippen LogP contribution is 2.27. The number of aliphatic hydroxyl groups is 1. The van der Waals surface area contributed by atoms with Gasteiger partial charge in [-0.3, -0.25) is 0 Å². The number of hydrogen-bond donors (Lipinski definition) is 1. The zero-order chi connectivity index (χ0) is 15.1. The SMILES string of the molecule is CCCN(CCN(C)C)c1cc(C#N)ccc1C(C)O. The Morgan fingerprint density at radius 2 is 1.95 bits per heavy atom. The van der Waals surface area contributed by atoms with Gasteiger partial charge in [-0.05, 0) is 39.6 Å². The molecule has 1 atom stereocenters. The maximum atomic E-state index is 9.94. The molecule has 110 valence electrons. The largest absolute Gasteiger partial charge is 0.389 e. The van der Waals surface area contributed by atoms with Gasteiger partial charge in [0, 0.05) is 30.9 Å². The number of nitrogens with zero attached hydrogens (tertiary/aromatic N) is 3. The molecule has 1 unspecified atom stereocenters. The highest BCUT2D eigenvalue weighted by atomic mass is 16.3. The molecular formula is C16H25N3O. The Kier molecular flexibility index (Phi) is 6.50. The summed E-state index contributed by atoms with van der Waals surface area (Å²) < 4.78 is 0. The fraction of sp³-hybridized carbons (Fsp3) is 0.562. The van der Waals surface area contributed by atoms with E-state index in [4.69, 9.17) is 5.26 Å². The average molecular weight is 275 g/mol. The summed E-state index contributed by atoms with van der Waals surface area (Å²) in [6.07, 6.45) is 0.500. The minimum absolute atomic E-state index is 0.531. The van der Waals surface area contributed by atoms with Crippen molar-refractivity contribution in [3.05, 3.63) is 29.3 Å². The van der Waals surface area contributed by atoms with Crippen molar-refractivity contribution in [1.82, 2.24) is 4.90 Å². The average Bonchev–Trinajstić information content (AvgIpc) is 2.42. The maximum absolute atomic E-state index is 9.94. The van der Waals surface area contributed by atoms with Crippen LogP contribution >= 0.6 is 0 Å². The van der Waals surface area contributed by atoms with Crippen LogP contribution in [0.1, 0.15) is 37.5 Å². The third-order valence-corrected chi connectivity index (χ3v) is 3.26. The normalized spacial score (nSPS) is 12.2.